The van der Waals surface area contributed by atoms with Gasteiger partial charge in [-0.05, 0) is 42.0 Å². The first-order valence-electron chi connectivity index (χ1n) is 13.7. The van der Waals surface area contributed by atoms with Crippen molar-refractivity contribution in [2.45, 2.75) is 18.0 Å². The van der Waals surface area contributed by atoms with Crippen LogP contribution >= 0.6 is 11.6 Å². The number of hydrogen-bond donors (Lipinski definition) is 0. The average molecular weight is 576 g/mol. The maximum absolute atomic E-state index is 14.8. The standard InChI is InChI=1S/C35H26ClNO5/c1-41-23-14-16-28(42-2)26(19-23)30-31(32(38)20-8-4-3-5-9-20)37-27-15-13-22(36)18-21(27)12-17-29(37)35(30)33(39)24-10-6-7-11-25(24)34(35)40/h3-19,29-31H,1-2H3/t29-,30-,31+/m0/s1. The highest BCUT2D eigenvalue weighted by atomic mass is 35.5. The van der Waals surface area contributed by atoms with Gasteiger partial charge in [-0.3, -0.25) is 14.4 Å². The van der Waals surface area contributed by atoms with Crippen LogP contribution in [0.15, 0.2) is 97.1 Å². The van der Waals surface area contributed by atoms with Crippen molar-refractivity contribution in [2.24, 2.45) is 5.41 Å². The van der Waals surface area contributed by atoms with E-state index in [-0.39, 0.29) is 17.3 Å². The van der Waals surface area contributed by atoms with Gasteiger partial charge in [0, 0.05) is 38.9 Å². The van der Waals surface area contributed by atoms with Gasteiger partial charge in [0.05, 0.1) is 20.3 Å². The minimum atomic E-state index is -1.65. The second kappa shape index (κ2) is 9.71. The molecule has 2 heterocycles. The van der Waals surface area contributed by atoms with E-state index in [0.717, 1.165) is 11.3 Å². The molecule has 7 rings (SSSR count). The zero-order valence-corrected chi connectivity index (χ0v) is 23.7. The number of benzene rings is 4. The lowest BCUT2D eigenvalue weighted by Gasteiger charge is -2.37. The van der Waals surface area contributed by atoms with Crippen LogP contribution in [0.3, 0.4) is 0 Å². The fraction of sp³-hybridized carbons (Fsp3) is 0.171. The van der Waals surface area contributed by atoms with Crippen LogP contribution in [0.2, 0.25) is 5.02 Å². The predicted molar refractivity (Wildman–Crippen MR) is 161 cm³/mol. The van der Waals surface area contributed by atoms with Gasteiger partial charge in [0.2, 0.25) is 0 Å². The van der Waals surface area contributed by atoms with E-state index in [1.165, 1.54) is 0 Å². The van der Waals surface area contributed by atoms with Crippen LogP contribution in [0.1, 0.15) is 48.1 Å². The van der Waals surface area contributed by atoms with Crippen LogP contribution in [0, 0.1) is 5.41 Å². The van der Waals surface area contributed by atoms with E-state index in [0.29, 0.717) is 38.8 Å². The molecule has 3 aliphatic rings. The number of carbonyl (C=O) groups excluding carboxylic acids is 3. The molecule has 0 unspecified atom stereocenters. The Morgan fingerprint density at radius 2 is 1.52 bits per heavy atom. The lowest BCUT2D eigenvalue weighted by atomic mass is 9.64. The summed E-state index contributed by atoms with van der Waals surface area (Å²) < 4.78 is 11.4. The van der Waals surface area contributed by atoms with Crippen molar-refractivity contribution < 1.29 is 23.9 Å². The predicted octanol–water partition coefficient (Wildman–Crippen LogP) is 6.67. The van der Waals surface area contributed by atoms with Crippen molar-refractivity contribution in [2.75, 3.05) is 19.1 Å². The van der Waals surface area contributed by atoms with Crippen molar-refractivity contribution in [3.63, 3.8) is 0 Å². The largest absolute Gasteiger partial charge is 0.497 e. The first-order chi connectivity index (χ1) is 20.4. The number of rotatable bonds is 5. The van der Waals surface area contributed by atoms with E-state index < -0.39 is 23.4 Å². The van der Waals surface area contributed by atoms with Gasteiger partial charge in [-0.15, -0.1) is 0 Å². The second-order valence-corrected chi connectivity index (χ2v) is 11.2. The number of Topliss-reactive ketones (excluding diaryl/α,β-unsaturated/α-hetero) is 3. The minimum absolute atomic E-state index is 0.208. The highest BCUT2D eigenvalue weighted by molar-refractivity contribution is 6.33. The molecule has 1 fully saturated rings. The molecule has 0 bridgehead atoms. The monoisotopic (exact) mass is 575 g/mol. The molecule has 0 radical (unpaired) electrons. The lowest BCUT2D eigenvalue weighted by molar-refractivity contribution is 0.0664. The molecule has 1 saturated heterocycles. The summed E-state index contributed by atoms with van der Waals surface area (Å²) in [5.74, 6) is -0.756. The number of anilines is 1. The van der Waals surface area contributed by atoms with Gasteiger partial charge in [-0.1, -0.05) is 78.4 Å². The lowest BCUT2D eigenvalue weighted by Crippen LogP contribution is -2.48. The van der Waals surface area contributed by atoms with Gasteiger partial charge in [-0.25, -0.2) is 0 Å². The Bertz CT molecular complexity index is 1780. The number of carbonyl (C=O) groups is 3. The van der Waals surface area contributed by atoms with Crippen molar-refractivity contribution in [3.8, 4) is 11.5 Å². The number of methoxy groups -OCH3 is 2. The van der Waals surface area contributed by atoms with Crippen LogP contribution in [0.5, 0.6) is 11.5 Å². The quantitative estimate of drug-likeness (QED) is 0.195. The molecule has 208 valence electrons. The van der Waals surface area contributed by atoms with Gasteiger partial charge in [0.1, 0.15) is 23.0 Å². The molecule has 6 nitrogen and oxygen atoms in total. The average Bonchev–Trinajstić information content (AvgIpc) is 3.46. The number of hydrogen-bond acceptors (Lipinski definition) is 6. The Hall–Kier alpha value is -4.68. The van der Waals surface area contributed by atoms with E-state index in [1.807, 2.05) is 47.4 Å². The summed E-state index contributed by atoms with van der Waals surface area (Å²) in [5.41, 5.74) is 1.63. The smallest absolute Gasteiger partial charge is 0.185 e. The third kappa shape index (κ3) is 3.48. The van der Waals surface area contributed by atoms with Gasteiger partial charge in [0.15, 0.2) is 17.3 Å². The Balaban J connectivity index is 1.59. The third-order valence-corrected chi connectivity index (χ3v) is 9.10. The SMILES string of the molecule is COc1ccc(OC)c([C@H]2[C@H](C(=O)c3ccccc3)N3c4ccc(Cl)cc4C=C[C@H]3C23C(=O)c2ccccc2C3=O)c1. The molecule has 3 atom stereocenters. The summed E-state index contributed by atoms with van der Waals surface area (Å²) in [5, 5.41) is 0.545. The first-order valence-corrected chi connectivity index (χ1v) is 14.1. The van der Waals surface area contributed by atoms with E-state index in [4.69, 9.17) is 21.1 Å². The van der Waals surface area contributed by atoms with Crippen LogP contribution in [0.4, 0.5) is 5.69 Å². The van der Waals surface area contributed by atoms with E-state index in [1.54, 1.807) is 74.9 Å². The van der Waals surface area contributed by atoms with Crippen LogP contribution in [0.25, 0.3) is 6.08 Å². The maximum atomic E-state index is 14.8. The Morgan fingerprint density at radius 3 is 2.19 bits per heavy atom. The molecule has 0 amide bonds. The van der Waals surface area contributed by atoms with Crippen molar-refractivity contribution in [1.82, 2.24) is 0 Å². The second-order valence-electron chi connectivity index (χ2n) is 10.7. The van der Waals surface area contributed by atoms with Crippen LogP contribution in [-0.2, 0) is 0 Å². The molecular formula is C35H26ClNO5. The summed E-state index contributed by atoms with van der Waals surface area (Å²) in [6.45, 7) is 0. The molecule has 42 heavy (non-hydrogen) atoms. The van der Waals surface area contributed by atoms with E-state index in [2.05, 4.69) is 0 Å². The molecule has 0 aromatic heterocycles. The number of ether oxygens (including phenoxy) is 2. The molecule has 0 saturated carbocycles. The molecule has 1 spiro atoms. The van der Waals surface area contributed by atoms with E-state index in [9.17, 15) is 14.4 Å². The summed E-state index contributed by atoms with van der Waals surface area (Å²) in [4.78, 5) is 46.3. The topological polar surface area (TPSA) is 72.9 Å². The molecular weight excluding hydrogens is 550 g/mol. The molecule has 0 N–H and O–H groups in total. The zero-order chi connectivity index (χ0) is 29.2. The van der Waals surface area contributed by atoms with Crippen molar-refractivity contribution in [1.29, 1.82) is 0 Å². The Labute approximate surface area is 248 Å². The van der Waals surface area contributed by atoms with E-state index >= 15 is 0 Å². The maximum Gasteiger partial charge on any atom is 0.185 e. The van der Waals surface area contributed by atoms with Gasteiger partial charge < -0.3 is 14.4 Å². The molecule has 4 aromatic rings. The zero-order valence-electron chi connectivity index (χ0n) is 22.9. The highest BCUT2D eigenvalue weighted by Gasteiger charge is 2.72. The van der Waals surface area contributed by atoms with Crippen LogP contribution < -0.4 is 14.4 Å². The van der Waals surface area contributed by atoms with Crippen molar-refractivity contribution in [3.05, 3.63) is 130 Å². The summed E-state index contributed by atoms with van der Waals surface area (Å²) in [7, 11) is 3.09. The summed E-state index contributed by atoms with van der Waals surface area (Å²) >= 11 is 6.38. The summed E-state index contributed by atoms with van der Waals surface area (Å²) in [6.07, 6.45) is 3.77. The van der Waals surface area contributed by atoms with Crippen LogP contribution in [-0.4, -0.2) is 43.7 Å². The van der Waals surface area contributed by atoms with Gasteiger partial charge in [-0.2, -0.15) is 0 Å². The third-order valence-electron chi connectivity index (χ3n) is 8.86. The van der Waals surface area contributed by atoms with Gasteiger partial charge >= 0.3 is 0 Å². The highest BCUT2D eigenvalue weighted by Crippen LogP contribution is 2.62. The van der Waals surface area contributed by atoms with Gasteiger partial charge in [0.25, 0.3) is 0 Å². The number of halogens is 1. The normalized spacial score (nSPS) is 21.2. The molecule has 4 aromatic carbocycles. The summed E-state index contributed by atoms with van der Waals surface area (Å²) in [6, 6.07) is 25.0. The number of ketones is 3. The van der Waals surface area contributed by atoms with Crippen molar-refractivity contribution >= 4 is 40.7 Å². The molecule has 2 aliphatic heterocycles. The minimum Gasteiger partial charge on any atom is -0.497 e. The molecule has 7 heteroatoms. The number of fused-ring (bicyclic) bond motifs is 5. The first kappa shape index (κ1) is 26.2. The Morgan fingerprint density at radius 1 is 0.833 bits per heavy atom. The Kier molecular flexibility index (Phi) is 6.06. The molecule has 1 aliphatic carbocycles. The fourth-order valence-corrected chi connectivity index (χ4v) is 7.33. The number of nitrogens with zero attached hydrogens (tertiary/aromatic N) is 1. The fourth-order valence-electron chi connectivity index (χ4n) is 7.15.